The van der Waals surface area contributed by atoms with Gasteiger partial charge in [0.25, 0.3) is 5.91 Å². The van der Waals surface area contributed by atoms with Crippen molar-refractivity contribution in [3.05, 3.63) is 29.7 Å². The molecule has 0 atom stereocenters. The molecular weight excluding hydrogens is 230 g/mol. The topological polar surface area (TPSA) is 63.1 Å². The van der Waals surface area contributed by atoms with Crippen molar-refractivity contribution in [2.45, 2.75) is 6.92 Å². The minimum atomic E-state index is -0.0904. The minimum absolute atomic E-state index is 0.0904. The van der Waals surface area contributed by atoms with Gasteiger partial charge in [0.1, 0.15) is 5.69 Å². The van der Waals surface area contributed by atoms with Gasteiger partial charge < -0.3 is 10.2 Å². The molecule has 1 amide bonds. The number of fused-ring (bicyclic) bond motifs is 2. The first-order valence-corrected chi connectivity index (χ1v) is 5.63. The fraction of sp³-hybridized carbons (Fsp3) is 0.250. The number of amides is 1. The summed E-state index contributed by atoms with van der Waals surface area (Å²) in [5.74, 6) is 0.579. The fourth-order valence-corrected chi connectivity index (χ4v) is 2.20. The predicted molar refractivity (Wildman–Crippen MR) is 68.2 cm³/mol. The Morgan fingerprint density at radius 1 is 1.33 bits per heavy atom. The fourth-order valence-electron chi connectivity index (χ4n) is 2.20. The second kappa shape index (κ2) is 3.56. The van der Waals surface area contributed by atoms with E-state index in [1.165, 1.54) is 0 Å². The Kier molecular flexibility index (Phi) is 2.13. The summed E-state index contributed by atoms with van der Waals surface area (Å²) in [5, 5.41) is 7.47. The lowest BCUT2D eigenvalue weighted by atomic mass is 10.3. The molecule has 0 bridgehead atoms. The molecule has 1 aliphatic heterocycles. The molecule has 2 aromatic rings. The van der Waals surface area contributed by atoms with Crippen molar-refractivity contribution in [1.82, 2.24) is 14.8 Å². The largest absolute Gasteiger partial charge is 0.335 e. The van der Waals surface area contributed by atoms with Crippen molar-refractivity contribution in [2.24, 2.45) is 7.05 Å². The number of nitrogens with zero attached hydrogens (tertiary/aromatic N) is 4. The van der Waals surface area contributed by atoms with Crippen LogP contribution in [0.3, 0.4) is 0 Å². The number of carbonyl (C=O) groups is 1. The van der Waals surface area contributed by atoms with E-state index in [1.807, 2.05) is 19.1 Å². The van der Waals surface area contributed by atoms with E-state index in [-0.39, 0.29) is 5.91 Å². The lowest BCUT2D eigenvalue weighted by Gasteiger charge is -2.16. The zero-order valence-corrected chi connectivity index (χ0v) is 10.4. The maximum Gasteiger partial charge on any atom is 0.278 e. The molecule has 0 saturated carbocycles. The van der Waals surface area contributed by atoms with Crippen LogP contribution in [0.25, 0.3) is 0 Å². The third-order valence-corrected chi connectivity index (χ3v) is 3.12. The first-order chi connectivity index (χ1) is 8.59. The van der Waals surface area contributed by atoms with Crippen LogP contribution in [0.1, 0.15) is 16.2 Å². The Morgan fingerprint density at radius 2 is 2.11 bits per heavy atom. The molecule has 0 saturated heterocycles. The predicted octanol–water partition coefficient (Wildman–Crippen LogP) is 1.46. The van der Waals surface area contributed by atoms with Crippen molar-refractivity contribution in [1.29, 1.82) is 0 Å². The SMILES string of the molecule is Cc1nn(C)c2c1Nc1ncccc1N(C)C2=O. The Morgan fingerprint density at radius 3 is 2.89 bits per heavy atom. The van der Waals surface area contributed by atoms with Gasteiger partial charge in [-0.2, -0.15) is 5.10 Å². The highest BCUT2D eigenvalue weighted by atomic mass is 16.2. The van der Waals surface area contributed by atoms with Crippen molar-refractivity contribution in [3.63, 3.8) is 0 Å². The third kappa shape index (κ3) is 1.32. The van der Waals surface area contributed by atoms with Crippen LogP contribution in [0.5, 0.6) is 0 Å². The molecule has 6 nitrogen and oxygen atoms in total. The number of aromatic nitrogens is 3. The highest BCUT2D eigenvalue weighted by Gasteiger charge is 2.29. The number of carbonyl (C=O) groups excluding carboxylic acids is 1. The molecule has 3 heterocycles. The summed E-state index contributed by atoms with van der Waals surface area (Å²) >= 11 is 0. The Hall–Kier alpha value is -2.37. The van der Waals surface area contributed by atoms with E-state index in [9.17, 15) is 4.79 Å². The standard InChI is InChI=1S/C12H13N5O/c1-7-9-10(17(3)15-7)12(18)16(2)8-5-4-6-13-11(8)14-9/h4-6H,1-3H3,(H,13,14). The molecule has 0 spiro atoms. The van der Waals surface area contributed by atoms with Crippen LogP contribution in [0, 0.1) is 6.92 Å². The summed E-state index contributed by atoms with van der Waals surface area (Å²) in [7, 11) is 3.50. The minimum Gasteiger partial charge on any atom is -0.335 e. The number of aryl methyl sites for hydroxylation is 2. The van der Waals surface area contributed by atoms with Gasteiger partial charge in [-0.25, -0.2) is 4.98 Å². The average Bonchev–Trinajstić information content (AvgIpc) is 2.56. The average molecular weight is 243 g/mol. The van der Waals surface area contributed by atoms with Crippen molar-refractivity contribution in [3.8, 4) is 0 Å². The van der Waals surface area contributed by atoms with Crippen LogP contribution in [-0.4, -0.2) is 27.7 Å². The monoisotopic (exact) mass is 243 g/mol. The van der Waals surface area contributed by atoms with Crippen LogP contribution in [-0.2, 0) is 7.05 Å². The molecule has 92 valence electrons. The van der Waals surface area contributed by atoms with Crippen LogP contribution in [0.15, 0.2) is 18.3 Å². The van der Waals surface area contributed by atoms with Gasteiger partial charge in [0, 0.05) is 20.3 Å². The number of anilines is 3. The quantitative estimate of drug-likeness (QED) is 0.760. The van der Waals surface area contributed by atoms with Crippen LogP contribution in [0.4, 0.5) is 17.2 Å². The summed E-state index contributed by atoms with van der Waals surface area (Å²) in [6, 6.07) is 3.67. The van der Waals surface area contributed by atoms with Gasteiger partial charge >= 0.3 is 0 Å². The zero-order valence-electron chi connectivity index (χ0n) is 10.4. The highest BCUT2D eigenvalue weighted by Crippen LogP contribution is 2.34. The van der Waals surface area contributed by atoms with Crippen molar-refractivity contribution < 1.29 is 4.79 Å². The summed E-state index contributed by atoms with van der Waals surface area (Å²) in [6.45, 7) is 1.87. The van der Waals surface area contributed by atoms with E-state index in [0.29, 0.717) is 11.5 Å². The van der Waals surface area contributed by atoms with Gasteiger partial charge in [-0.05, 0) is 19.1 Å². The van der Waals surface area contributed by atoms with E-state index >= 15 is 0 Å². The van der Waals surface area contributed by atoms with E-state index in [4.69, 9.17) is 0 Å². The van der Waals surface area contributed by atoms with Gasteiger partial charge in [-0.1, -0.05) is 0 Å². The molecule has 1 N–H and O–H groups in total. The smallest absolute Gasteiger partial charge is 0.278 e. The zero-order chi connectivity index (χ0) is 12.9. The second-order valence-corrected chi connectivity index (χ2v) is 4.29. The number of hydrogen-bond acceptors (Lipinski definition) is 4. The molecule has 0 aromatic carbocycles. The highest BCUT2D eigenvalue weighted by molar-refractivity contribution is 6.12. The van der Waals surface area contributed by atoms with Crippen LogP contribution >= 0.6 is 0 Å². The van der Waals surface area contributed by atoms with Gasteiger partial charge in [0.05, 0.1) is 17.1 Å². The summed E-state index contributed by atoms with van der Waals surface area (Å²) in [6.07, 6.45) is 1.70. The lowest BCUT2D eigenvalue weighted by molar-refractivity contribution is 0.0985. The van der Waals surface area contributed by atoms with Crippen LogP contribution in [0.2, 0.25) is 0 Å². The normalized spacial score (nSPS) is 13.7. The second-order valence-electron chi connectivity index (χ2n) is 4.29. The molecule has 1 aliphatic rings. The van der Waals surface area contributed by atoms with Gasteiger partial charge in [-0.15, -0.1) is 0 Å². The first kappa shape index (κ1) is 10.8. The maximum atomic E-state index is 12.4. The van der Waals surface area contributed by atoms with E-state index < -0.39 is 0 Å². The molecule has 0 aliphatic carbocycles. The lowest BCUT2D eigenvalue weighted by Crippen LogP contribution is -2.27. The van der Waals surface area contributed by atoms with Crippen molar-refractivity contribution >= 4 is 23.1 Å². The number of pyridine rings is 1. The first-order valence-electron chi connectivity index (χ1n) is 5.63. The Bertz CT molecular complexity index is 646. The molecular formula is C12H13N5O. The molecule has 2 aromatic heterocycles. The number of rotatable bonds is 0. The van der Waals surface area contributed by atoms with E-state index in [2.05, 4.69) is 15.4 Å². The van der Waals surface area contributed by atoms with E-state index in [0.717, 1.165) is 17.1 Å². The van der Waals surface area contributed by atoms with Crippen LogP contribution < -0.4 is 10.2 Å². The van der Waals surface area contributed by atoms with E-state index in [1.54, 1.807) is 29.9 Å². The Balaban J connectivity index is 2.28. The molecule has 18 heavy (non-hydrogen) atoms. The molecule has 0 radical (unpaired) electrons. The maximum absolute atomic E-state index is 12.4. The summed E-state index contributed by atoms with van der Waals surface area (Å²) in [5.41, 5.74) is 2.82. The summed E-state index contributed by atoms with van der Waals surface area (Å²) < 4.78 is 1.60. The van der Waals surface area contributed by atoms with Crippen molar-refractivity contribution in [2.75, 3.05) is 17.3 Å². The number of nitrogens with one attached hydrogen (secondary N) is 1. The summed E-state index contributed by atoms with van der Waals surface area (Å²) in [4.78, 5) is 18.3. The molecule has 6 heteroatoms. The molecule has 0 unspecified atom stereocenters. The number of hydrogen-bond donors (Lipinski definition) is 1. The van der Waals surface area contributed by atoms with Gasteiger partial charge in [-0.3, -0.25) is 9.48 Å². The Labute approximate surface area is 104 Å². The third-order valence-electron chi connectivity index (χ3n) is 3.12. The van der Waals surface area contributed by atoms with Gasteiger partial charge in [0.2, 0.25) is 0 Å². The molecule has 0 fully saturated rings. The van der Waals surface area contributed by atoms with Gasteiger partial charge in [0.15, 0.2) is 5.82 Å². The molecule has 3 rings (SSSR count).